The predicted molar refractivity (Wildman–Crippen MR) is 109 cm³/mol. The van der Waals surface area contributed by atoms with Crippen LogP contribution < -0.4 is 5.32 Å². The van der Waals surface area contributed by atoms with Gasteiger partial charge >= 0.3 is 0 Å². The number of nitrogens with zero attached hydrogens (tertiary/aromatic N) is 2. The maximum atomic E-state index is 14.1. The van der Waals surface area contributed by atoms with E-state index in [0.717, 1.165) is 31.1 Å². The Balaban J connectivity index is 1.78. The van der Waals surface area contributed by atoms with Crippen molar-refractivity contribution in [2.24, 2.45) is 11.3 Å². The fraction of sp³-hybridized carbons (Fsp3) is 0.478. The maximum absolute atomic E-state index is 14.1. The average Bonchev–Trinajstić information content (AvgIpc) is 2.69. The SMILES string of the molecule is CC(C)(C)C(=O)N[C@@H](c1ccccn1)[C@@H]1CCCN(Cc2cccc(F)c2F)C1. The lowest BCUT2D eigenvalue weighted by Gasteiger charge is -2.38. The molecule has 1 aromatic heterocycles. The van der Waals surface area contributed by atoms with E-state index in [-0.39, 0.29) is 17.9 Å². The summed E-state index contributed by atoms with van der Waals surface area (Å²) in [7, 11) is 0. The molecule has 2 heterocycles. The van der Waals surface area contributed by atoms with Gasteiger partial charge in [0.25, 0.3) is 0 Å². The zero-order chi connectivity index (χ0) is 21.0. The Morgan fingerprint density at radius 1 is 1.24 bits per heavy atom. The number of hydrogen-bond donors (Lipinski definition) is 1. The molecule has 6 heteroatoms. The van der Waals surface area contributed by atoms with E-state index in [1.165, 1.54) is 6.07 Å². The average molecular weight is 402 g/mol. The Labute approximate surface area is 171 Å². The molecule has 0 aliphatic carbocycles. The largest absolute Gasteiger partial charge is 0.347 e. The monoisotopic (exact) mass is 401 g/mol. The van der Waals surface area contributed by atoms with Gasteiger partial charge in [0.2, 0.25) is 5.91 Å². The highest BCUT2D eigenvalue weighted by molar-refractivity contribution is 5.81. The predicted octanol–water partition coefficient (Wildman–Crippen LogP) is 4.48. The van der Waals surface area contributed by atoms with Crippen molar-refractivity contribution in [3.63, 3.8) is 0 Å². The first-order valence-electron chi connectivity index (χ1n) is 10.1. The summed E-state index contributed by atoms with van der Waals surface area (Å²) in [6, 6.07) is 9.78. The zero-order valence-corrected chi connectivity index (χ0v) is 17.3. The number of likely N-dealkylation sites (tertiary alicyclic amines) is 1. The van der Waals surface area contributed by atoms with Crippen LogP contribution in [0.4, 0.5) is 8.78 Å². The smallest absolute Gasteiger partial charge is 0.225 e. The van der Waals surface area contributed by atoms with Crippen LogP contribution in [-0.2, 0) is 11.3 Å². The van der Waals surface area contributed by atoms with E-state index in [9.17, 15) is 13.6 Å². The van der Waals surface area contributed by atoms with Crippen LogP contribution in [0.5, 0.6) is 0 Å². The highest BCUT2D eigenvalue weighted by atomic mass is 19.2. The van der Waals surface area contributed by atoms with E-state index in [0.29, 0.717) is 18.7 Å². The van der Waals surface area contributed by atoms with Crippen LogP contribution in [0.1, 0.15) is 50.9 Å². The molecule has 2 aromatic rings. The molecule has 4 nitrogen and oxygen atoms in total. The molecule has 0 unspecified atom stereocenters. The quantitative estimate of drug-likeness (QED) is 0.804. The Bertz CT molecular complexity index is 836. The van der Waals surface area contributed by atoms with Gasteiger partial charge in [-0.1, -0.05) is 39.0 Å². The third-order valence-electron chi connectivity index (χ3n) is 5.41. The molecule has 0 radical (unpaired) electrons. The standard InChI is InChI=1S/C23H29F2N3O/c1-23(2,3)22(29)27-21(19-11-4-5-12-26-19)17-9-7-13-28(15-17)14-16-8-6-10-18(24)20(16)25/h4-6,8,10-12,17,21H,7,9,13-15H2,1-3H3,(H,27,29)/t17-,21-/m1/s1. The Morgan fingerprint density at radius 3 is 2.72 bits per heavy atom. The summed E-state index contributed by atoms with van der Waals surface area (Å²) in [6.45, 7) is 7.51. The third kappa shape index (κ3) is 5.38. The molecule has 0 saturated carbocycles. The lowest BCUT2D eigenvalue weighted by molar-refractivity contribution is -0.130. The van der Waals surface area contributed by atoms with Crippen LogP contribution in [0.25, 0.3) is 0 Å². The van der Waals surface area contributed by atoms with Crippen LogP contribution >= 0.6 is 0 Å². The van der Waals surface area contributed by atoms with Crippen molar-refractivity contribution in [3.05, 3.63) is 65.5 Å². The molecule has 3 rings (SSSR count). The van der Waals surface area contributed by atoms with Gasteiger partial charge in [-0.25, -0.2) is 8.78 Å². The number of carbonyl (C=O) groups excluding carboxylic acids is 1. The molecule has 1 aliphatic rings. The van der Waals surface area contributed by atoms with E-state index in [1.54, 1.807) is 12.3 Å². The summed E-state index contributed by atoms with van der Waals surface area (Å²) in [5.74, 6) is -1.49. The maximum Gasteiger partial charge on any atom is 0.225 e. The minimum atomic E-state index is -0.820. The highest BCUT2D eigenvalue weighted by Gasteiger charge is 2.33. The van der Waals surface area contributed by atoms with Gasteiger partial charge in [0.05, 0.1) is 11.7 Å². The van der Waals surface area contributed by atoms with Crippen molar-refractivity contribution >= 4 is 5.91 Å². The van der Waals surface area contributed by atoms with Crippen LogP contribution in [0, 0.1) is 23.0 Å². The summed E-state index contributed by atoms with van der Waals surface area (Å²) in [5.41, 5.74) is 0.680. The second-order valence-electron chi connectivity index (χ2n) is 8.81. The molecule has 156 valence electrons. The number of nitrogens with one attached hydrogen (secondary N) is 1. The van der Waals surface area contributed by atoms with E-state index >= 15 is 0 Å². The number of rotatable bonds is 5. The van der Waals surface area contributed by atoms with Crippen LogP contribution in [0.2, 0.25) is 0 Å². The first-order valence-corrected chi connectivity index (χ1v) is 10.1. The van der Waals surface area contributed by atoms with Gasteiger partial charge in [0.15, 0.2) is 11.6 Å². The number of hydrogen-bond acceptors (Lipinski definition) is 3. The molecule has 0 spiro atoms. The molecule has 1 aromatic carbocycles. The fourth-order valence-electron chi connectivity index (χ4n) is 3.77. The van der Waals surface area contributed by atoms with Crippen LogP contribution in [0.15, 0.2) is 42.6 Å². The van der Waals surface area contributed by atoms with E-state index in [4.69, 9.17) is 0 Å². The van der Waals surface area contributed by atoms with Crippen molar-refractivity contribution in [2.45, 2.75) is 46.2 Å². The summed E-state index contributed by atoms with van der Waals surface area (Å²) in [5, 5.41) is 3.19. The van der Waals surface area contributed by atoms with Crippen molar-refractivity contribution in [3.8, 4) is 0 Å². The highest BCUT2D eigenvalue weighted by Crippen LogP contribution is 2.31. The second-order valence-corrected chi connectivity index (χ2v) is 8.81. The third-order valence-corrected chi connectivity index (χ3v) is 5.41. The van der Waals surface area contributed by atoms with Gasteiger partial charge in [-0.3, -0.25) is 14.7 Å². The molecule has 1 saturated heterocycles. The summed E-state index contributed by atoms with van der Waals surface area (Å²) >= 11 is 0. The van der Waals surface area contributed by atoms with Gasteiger partial charge in [0, 0.05) is 30.3 Å². The summed E-state index contributed by atoms with van der Waals surface area (Å²) in [6.07, 6.45) is 3.60. The summed E-state index contributed by atoms with van der Waals surface area (Å²) in [4.78, 5) is 19.3. The number of aromatic nitrogens is 1. The first-order chi connectivity index (χ1) is 13.8. The topological polar surface area (TPSA) is 45.2 Å². The Morgan fingerprint density at radius 2 is 2.03 bits per heavy atom. The van der Waals surface area contributed by atoms with Gasteiger partial charge in [-0.05, 0) is 43.5 Å². The van der Waals surface area contributed by atoms with Gasteiger partial charge in [0.1, 0.15) is 0 Å². The zero-order valence-electron chi connectivity index (χ0n) is 17.3. The molecule has 1 amide bonds. The Hall–Kier alpha value is -2.34. The second kappa shape index (κ2) is 8.99. The molecule has 1 aliphatic heterocycles. The fourth-order valence-corrected chi connectivity index (χ4v) is 3.77. The lowest BCUT2D eigenvalue weighted by Crippen LogP contribution is -2.45. The van der Waals surface area contributed by atoms with Crippen LogP contribution in [0.3, 0.4) is 0 Å². The van der Waals surface area contributed by atoms with Crippen LogP contribution in [-0.4, -0.2) is 28.9 Å². The lowest BCUT2D eigenvalue weighted by atomic mass is 9.86. The minimum Gasteiger partial charge on any atom is -0.347 e. The van der Waals surface area contributed by atoms with Crippen molar-refractivity contribution in [2.75, 3.05) is 13.1 Å². The number of amides is 1. The number of pyridine rings is 1. The number of benzene rings is 1. The van der Waals surface area contributed by atoms with E-state index in [1.807, 2.05) is 39.0 Å². The molecule has 0 bridgehead atoms. The van der Waals surface area contributed by atoms with Crippen molar-refractivity contribution in [1.82, 2.24) is 15.2 Å². The molecular weight excluding hydrogens is 372 g/mol. The first kappa shape index (κ1) is 21.4. The molecule has 29 heavy (non-hydrogen) atoms. The Kier molecular flexibility index (Phi) is 6.63. The van der Waals surface area contributed by atoms with Gasteiger partial charge in [-0.2, -0.15) is 0 Å². The number of carbonyl (C=O) groups is 1. The van der Waals surface area contributed by atoms with E-state index in [2.05, 4.69) is 15.2 Å². The molecular formula is C23H29F2N3O. The summed E-state index contributed by atoms with van der Waals surface area (Å²) < 4.78 is 27.7. The number of piperidine rings is 1. The molecule has 2 atom stereocenters. The minimum absolute atomic E-state index is 0.0264. The van der Waals surface area contributed by atoms with Gasteiger partial charge < -0.3 is 5.32 Å². The van der Waals surface area contributed by atoms with E-state index < -0.39 is 17.0 Å². The van der Waals surface area contributed by atoms with Crippen molar-refractivity contribution in [1.29, 1.82) is 0 Å². The molecule has 1 N–H and O–H groups in total. The normalized spacial score (nSPS) is 19.0. The number of halogens is 2. The van der Waals surface area contributed by atoms with Crippen molar-refractivity contribution < 1.29 is 13.6 Å². The molecule has 1 fully saturated rings. The van der Waals surface area contributed by atoms with Gasteiger partial charge in [-0.15, -0.1) is 0 Å².